The van der Waals surface area contributed by atoms with Gasteiger partial charge in [0, 0.05) is 17.0 Å². The van der Waals surface area contributed by atoms with Crippen molar-refractivity contribution < 1.29 is 17.6 Å². The van der Waals surface area contributed by atoms with Gasteiger partial charge in [-0.05, 0) is 42.5 Å². The first kappa shape index (κ1) is 15.5. The van der Waals surface area contributed by atoms with E-state index in [4.69, 9.17) is 11.6 Å². The fraction of sp³-hybridized carbons (Fsp3) is 0.0714. The molecule has 1 amide bonds. The van der Waals surface area contributed by atoms with Crippen LogP contribution < -0.4 is 5.32 Å². The van der Waals surface area contributed by atoms with Crippen LogP contribution in [0.4, 0.5) is 10.1 Å². The maximum absolute atomic E-state index is 13.5. The van der Waals surface area contributed by atoms with Crippen LogP contribution in [0.15, 0.2) is 47.4 Å². The van der Waals surface area contributed by atoms with Crippen LogP contribution in [0.25, 0.3) is 0 Å². The van der Waals surface area contributed by atoms with Crippen LogP contribution in [0.5, 0.6) is 0 Å². The minimum atomic E-state index is -3.30. The summed E-state index contributed by atoms with van der Waals surface area (Å²) in [5.74, 6) is -1.35. The van der Waals surface area contributed by atoms with Crippen molar-refractivity contribution in [3.63, 3.8) is 0 Å². The van der Waals surface area contributed by atoms with Crippen molar-refractivity contribution in [1.29, 1.82) is 0 Å². The summed E-state index contributed by atoms with van der Waals surface area (Å²) in [4.78, 5) is 12.1. The first-order valence-electron chi connectivity index (χ1n) is 5.84. The molecule has 0 radical (unpaired) electrons. The summed E-state index contributed by atoms with van der Waals surface area (Å²) in [7, 11) is -3.30. The van der Waals surface area contributed by atoms with Gasteiger partial charge >= 0.3 is 0 Å². The quantitative estimate of drug-likeness (QED) is 0.942. The third-order valence-corrected chi connectivity index (χ3v) is 4.08. The highest BCUT2D eigenvalue weighted by Gasteiger charge is 2.13. The van der Waals surface area contributed by atoms with Crippen molar-refractivity contribution in [2.45, 2.75) is 4.90 Å². The zero-order valence-corrected chi connectivity index (χ0v) is 12.5. The molecule has 0 saturated heterocycles. The van der Waals surface area contributed by atoms with E-state index in [0.29, 0.717) is 5.69 Å². The summed E-state index contributed by atoms with van der Waals surface area (Å²) in [6.07, 6.45) is 1.09. The van der Waals surface area contributed by atoms with Crippen molar-refractivity contribution in [2.75, 3.05) is 11.6 Å². The van der Waals surface area contributed by atoms with Gasteiger partial charge in [0.1, 0.15) is 5.82 Å². The Morgan fingerprint density at radius 2 is 1.76 bits per heavy atom. The van der Waals surface area contributed by atoms with E-state index in [9.17, 15) is 17.6 Å². The smallest absolute Gasteiger partial charge is 0.258 e. The lowest BCUT2D eigenvalue weighted by molar-refractivity contribution is 0.102. The van der Waals surface area contributed by atoms with Crippen LogP contribution in [0.2, 0.25) is 5.02 Å². The van der Waals surface area contributed by atoms with E-state index in [1.165, 1.54) is 36.4 Å². The molecule has 0 saturated carbocycles. The zero-order valence-electron chi connectivity index (χ0n) is 10.9. The zero-order chi connectivity index (χ0) is 15.6. The van der Waals surface area contributed by atoms with Gasteiger partial charge in [-0.25, -0.2) is 12.8 Å². The molecule has 2 rings (SSSR count). The summed E-state index contributed by atoms with van der Waals surface area (Å²) >= 11 is 5.72. The minimum absolute atomic E-state index is 0.134. The van der Waals surface area contributed by atoms with E-state index in [2.05, 4.69) is 5.32 Å². The van der Waals surface area contributed by atoms with Crippen molar-refractivity contribution in [3.05, 3.63) is 58.9 Å². The van der Waals surface area contributed by atoms with Gasteiger partial charge in [0.05, 0.1) is 10.5 Å². The number of benzene rings is 2. The average molecular weight is 328 g/mol. The van der Waals surface area contributed by atoms with Gasteiger partial charge in [-0.1, -0.05) is 11.6 Å². The molecule has 0 aliphatic rings. The SMILES string of the molecule is CS(=O)(=O)c1ccc(NC(=O)c2cc(Cl)ccc2F)cc1. The Balaban J connectivity index is 2.22. The maximum atomic E-state index is 13.5. The Bertz CT molecular complexity index is 788. The highest BCUT2D eigenvalue weighted by Crippen LogP contribution is 2.18. The molecule has 21 heavy (non-hydrogen) atoms. The molecule has 110 valence electrons. The second-order valence-corrected chi connectivity index (χ2v) is 6.83. The molecule has 7 heteroatoms. The van der Waals surface area contributed by atoms with Crippen LogP contribution in [0, 0.1) is 5.82 Å². The van der Waals surface area contributed by atoms with Gasteiger partial charge in [-0.3, -0.25) is 4.79 Å². The lowest BCUT2D eigenvalue weighted by Crippen LogP contribution is -2.13. The second kappa shape index (κ2) is 5.83. The number of hydrogen-bond donors (Lipinski definition) is 1. The van der Waals surface area contributed by atoms with E-state index >= 15 is 0 Å². The summed E-state index contributed by atoms with van der Waals surface area (Å²) in [5, 5.41) is 2.72. The first-order chi connectivity index (χ1) is 9.77. The Labute approximate surface area is 126 Å². The molecule has 0 bridgehead atoms. The van der Waals surface area contributed by atoms with Gasteiger partial charge in [-0.2, -0.15) is 0 Å². The number of halogens is 2. The number of sulfone groups is 1. The third kappa shape index (κ3) is 3.80. The minimum Gasteiger partial charge on any atom is -0.322 e. The number of carbonyl (C=O) groups is 1. The Morgan fingerprint density at radius 1 is 1.14 bits per heavy atom. The number of nitrogens with one attached hydrogen (secondary N) is 1. The molecule has 2 aromatic carbocycles. The van der Waals surface area contributed by atoms with Gasteiger partial charge < -0.3 is 5.32 Å². The standard InChI is InChI=1S/C14H11ClFNO3S/c1-21(19,20)11-5-3-10(4-6-11)17-14(18)12-8-9(15)2-7-13(12)16/h2-8H,1H3,(H,17,18). The largest absolute Gasteiger partial charge is 0.322 e. The average Bonchev–Trinajstić information content (AvgIpc) is 2.41. The summed E-state index contributed by atoms with van der Waals surface area (Å²) in [6.45, 7) is 0. The van der Waals surface area contributed by atoms with Crippen LogP contribution in [0.1, 0.15) is 10.4 Å². The van der Waals surface area contributed by atoms with Crippen molar-refractivity contribution in [2.24, 2.45) is 0 Å². The van der Waals surface area contributed by atoms with Gasteiger partial charge in [-0.15, -0.1) is 0 Å². The highest BCUT2D eigenvalue weighted by molar-refractivity contribution is 7.90. The summed E-state index contributed by atoms with van der Waals surface area (Å²) in [5.41, 5.74) is 0.168. The second-order valence-electron chi connectivity index (χ2n) is 4.37. The molecule has 0 unspecified atom stereocenters. The Morgan fingerprint density at radius 3 is 2.33 bits per heavy atom. The normalized spacial score (nSPS) is 11.2. The lowest BCUT2D eigenvalue weighted by Gasteiger charge is -2.07. The molecule has 2 aromatic rings. The lowest BCUT2D eigenvalue weighted by atomic mass is 10.2. The van der Waals surface area contributed by atoms with E-state index in [-0.39, 0.29) is 15.5 Å². The van der Waals surface area contributed by atoms with Crippen LogP contribution in [-0.2, 0) is 9.84 Å². The van der Waals surface area contributed by atoms with E-state index < -0.39 is 21.6 Å². The summed E-state index contributed by atoms with van der Waals surface area (Å²) < 4.78 is 36.2. The predicted molar refractivity (Wildman–Crippen MR) is 78.9 cm³/mol. The monoisotopic (exact) mass is 327 g/mol. The van der Waals surface area contributed by atoms with Crippen LogP contribution in [-0.4, -0.2) is 20.6 Å². The summed E-state index contributed by atoms with van der Waals surface area (Å²) in [6, 6.07) is 9.24. The molecule has 1 N–H and O–H groups in total. The highest BCUT2D eigenvalue weighted by atomic mass is 35.5. The molecule has 4 nitrogen and oxygen atoms in total. The number of carbonyl (C=O) groups excluding carboxylic acids is 1. The molecule has 0 aromatic heterocycles. The van der Waals surface area contributed by atoms with E-state index in [1.807, 2.05) is 0 Å². The fourth-order valence-electron chi connectivity index (χ4n) is 1.66. The predicted octanol–water partition coefficient (Wildman–Crippen LogP) is 3.13. The van der Waals surface area contributed by atoms with Crippen LogP contribution >= 0.6 is 11.6 Å². The molecule has 0 aliphatic carbocycles. The Hall–Kier alpha value is -1.92. The number of anilines is 1. The fourth-order valence-corrected chi connectivity index (χ4v) is 2.46. The molecule has 0 fully saturated rings. The van der Waals surface area contributed by atoms with E-state index in [0.717, 1.165) is 12.3 Å². The molecular weight excluding hydrogens is 317 g/mol. The van der Waals surface area contributed by atoms with E-state index in [1.54, 1.807) is 0 Å². The molecule has 0 spiro atoms. The number of rotatable bonds is 3. The molecular formula is C14H11ClFNO3S. The topological polar surface area (TPSA) is 63.2 Å². The first-order valence-corrected chi connectivity index (χ1v) is 8.11. The van der Waals surface area contributed by atoms with Gasteiger partial charge in [0.2, 0.25) is 0 Å². The number of amides is 1. The number of hydrogen-bond acceptors (Lipinski definition) is 3. The van der Waals surface area contributed by atoms with Gasteiger partial charge in [0.25, 0.3) is 5.91 Å². The third-order valence-electron chi connectivity index (χ3n) is 2.71. The van der Waals surface area contributed by atoms with Gasteiger partial charge in [0.15, 0.2) is 9.84 Å². The molecule has 0 aliphatic heterocycles. The maximum Gasteiger partial charge on any atom is 0.258 e. The molecule has 0 atom stereocenters. The molecule has 0 heterocycles. The van der Waals surface area contributed by atoms with Crippen LogP contribution in [0.3, 0.4) is 0 Å². The van der Waals surface area contributed by atoms with Crippen molar-refractivity contribution in [3.8, 4) is 0 Å². The van der Waals surface area contributed by atoms with Crippen molar-refractivity contribution >= 4 is 33.0 Å². The van der Waals surface area contributed by atoms with Crippen molar-refractivity contribution in [1.82, 2.24) is 0 Å². The Kier molecular flexibility index (Phi) is 4.29.